The van der Waals surface area contributed by atoms with Gasteiger partial charge in [0.05, 0.1) is 20.3 Å². The number of aliphatic hydroxyl groups excluding tert-OH is 1. The zero-order valence-electron chi connectivity index (χ0n) is 12.7. The summed E-state index contributed by atoms with van der Waals surface area (Å²) in [5.74, 6) is 1.37. The lowest BCUT2D eigenvalue weighted by Crippen LogP contribution is -2.21. The highest BCUT2D eigenvalue weighted by molar-refractivity contribution is 9.10. The molecule has 0 fully saturated rings. The van der Waals surface area contributed by atoms with Crippen molar-refractivity contribution in [2.45, 2.75) is 12.6 Å². The van der Waals surface area contributed by atoms with E-state index in [2.05, 4.69) is 21.2 Å². The molecule has 0 saturated carbocycles. The molecule has 0 heterocycles. The van der Waals surface area contributed by atoms with E-state index in [1.54, 1.807) is 14.2 Å². The summed E-state index contributed by atoms with van der Waals surface area (Å²) < 4.78 is 11.5. The second kappa shape index (κ2) is 8.17. The minimum absolute atomic E-state index is 0.477. The molecule has 0 aliphatic rings. The summed E-state index contributed by atoms with van der Waals surface area (Å²) in [5.41, 5.74) is 1.94. The zero-order valence-corrected chi connectivity index (χ0v) is 14.3. The Balaban J connectivity index is 1.97. The molecular formula is C17H20BrNO3. The fourth-order valence-corrected chi connectivity index (χ4v) is 2.63. The van der Waals surface area contributed by atoms with E-state index in [1.165, 1.54) is 0 Å². The first-order valence-corrected chi connectivity index (χ1v) is 7.79. The third-order valence-corrected chi connectivity index (χ3v) is 4.13. The van der Waals surface area contributed by atoms with Crippen molar-refractivity contribution in [1.82, 2.24) is 5.32 Å². The number of aliphatic hydroxyl groups is 1. The number of hydrogen-bond acceptors (Lipinski definition) is 4. The number of halogens is 1. The first kappa shape index (κ1) is 16.8. The molecule has 2 aromatic rings. The number of ether oxygens (including phenoxy) is 2. The highest BCUT2D eigenvalue weighted by Crippen LogP contribution is 2.33. The SMILES string of the molecule is COc1cc(Br)c(CNC[C@@H](O)c2ccccc2)cc1OC. The van der Waals surface area contributed by atoms with Crippen LogP contribution in [0.15, 0.2) is 46.9 Å². The standard InChI is InChI=1S/C17H20BrNO3/c1-21-16-8-13(14(18)9-17(16)22-2)10-19-11-15(20)12-6-4-3-5-7-12/h3-9,15,19-20H,10-11H2,1-2H3/t15-/m1/s1. The van der Waals surface area contributed by atoms with Crippen LogP contribution in [0.5, 0.6) is 11.5 Å². The van der Waals surface area contributed by atoms with Gasteiger partial charge in [0, 0.05) is 17.6 Å². The molecule has 22 heavy (non-hydrogen) atoms. The minimum atomic E-state index is -0.528. The largest absolute Gasteiger partial charge is 0.493 e. The van der Waals surface area contributed by atoms with Crippen LogP contribution in [0, 0.1) is 0 Å². The maximum atomic E-state index is 10.1. The van der Waals surface area contributed by atoms with E-state index in [-0.39, 0.29) is 0 Å². The highest BCUT2D eigenvalue weighted by Gasteiger charge is 2.11. The second-order valence-corrected chi connectivity index (χ2v) is 5.71. The van der Waals surface area contributed by atoms with Gasteiger partial charge in [-0.1, -0.05) is 46.3 Å². The van der Waals surface area contributed by atoms with Gasteiger partial charge in [0.1, 0.15) is 0 Å². The molecule has 1 atom stereocenters. The molecule has 5 heteroatoms. The third-order valence-electron chi connectivity index (χ3n) is 3.39. The maximum absolute atomic E-state index is 10.1. The Labute approximate surface area is 139 Å². The first-order chi connectivity index (χ1) is 10.7. The molecular weight excluding hydrogens is 346 g/mol. The maximum Gasteiger partial charge on any atom is 0.161 e. The topological polar surface area (TPSA) is 50.7 Å². The summed E-state index contributed by atoms with van der Waals surface area (Å²) in [5, 5.41) is 13.4. The molecule has 0 aliphatic carbocycles. The lowest BCUT2D eigenvalue weighted by Gasteiger charge is -2.15. The van der Waals surface area contributed by atoms with Gasteiger partial charge >= 0.3 is 0 Å². The van der Waals surface area contributed by atoms with Crippen molar-refractivity contribution >= 4 is 15.9 Å². The summed E-state index contributed by atoms with van der Waals surface area (Å²) in [4.78, 5) is 0. The van der Waals surface area contributed by atoms with Crippen molar-refractivity contribution in [3.8, 4) is 11.5 Å². The molecule has 0 saturated heterocycles. The normalized spacial score (nSPS) is 12.0. The van der Waals surface area contributed by atoms with E-state index >= 15 is 0 Å². The Morgan fingerprint density at radius 1 is 1.09 bits per heavy atom. The van der Waals surface area contributed by atoms with Crippen molar-refractivity contribution < 1.29 is 14.6 Å². The highest BCUT2D eigenvalue weighted by atomic mass is 79.9. The van der Waals surface area contributed by atoms with Crippen LogP contribution >= 0.6 is 15.9 Å². The summed E-state index contributed by atoms with van der Waals surface area (Å²) in [6.07, 6.45) is -0.528. The predicted octanol–water partition coefficient (Wildman–Crippen LogP) is 3.29. The van der Waals surface area contributed by atoms with Gasteiger partial charge in [-0.25, -0.2) is 0 Å². The van der Waals surface area contributed by atoms with E-state index in [0.717, 1.165) is 15.6 Å². The molecule has 0 amide bonds. The van der Waals surface area contributed by atoms with Gasteiger partial charge in [0.15, 0.2) is 11.5 Å². The molecule has 2 rings (SSSR count). The fraction of sp³-hybridized carbons (Fsp3) is 0.294. The smallest absolute Gasteiger partial charge is 0.161 e. The van der Waals surface area contributed by atoms with Gasteiger partial charge in [-0.2, -0.15) is 0 Å². The van der Waals surface area contributed by atoms with Crippen LogP contribution < -0.4 is 14.8 Å². The van der Waals surface area contributed by atoms with Crippen LogP contribution in [0.4, 0.5) is 0 Å². The number of methoxy groups -OCH3 is 2. The van der Waals surface area contributed by atoms with E-state index < -0.39 is 6.10 Å². The molecule has 0 bridgehead atoms. The zero-order chi connectivity index (χ0) is 15.9. The summed E-state index contributed by atoms with van der Waals surface area (Å²) in [6, 6.07) is 13.4. The molecule has 0 unspecified atom stereocenters. The predicted molar refractivity (Wildman–Crippen MR) is 90.4 cm³/mol. The number of hydrogen-bond donors (Lipinski definition) is 2. The Hall–Kier alpha value is -1.56. The van der Waals surface area contributed by atoms with Gasteiger partial charge in [-0.3, -0.25) is 0 Å². The second-order valence-electron chi connectivity index (χ2n) is 4.86. The van der Waals surface area contributed by atoms with Crippen LogP contribution in [-0.2, 0) is 6.54 Å². The molecule has 2 N–H and O–H groups in total. The van der Waals surface area contributed by atoms with Crippen LogP contribution in [-0.4, -0.2) is 25.9 Å². The summed E-state index contributed by atoms with van der Waals surface area (Å²) >= 11 is 3.53. The summed E-state index contributed by atoms with van der Waals surface area (Å²) in [6.45, 7) is 1.09. The van der Waals surface area contributed by atoms with Gasteiger partial charge in [-0.15, -0.1) is 0 Å². The van der Waals surface area contributed by atoms with Gasteiger partial charge in [0.25, 0.3) is 0 Å². The number of benzene rings is 2. The quantitative estimate of drug-likeness (QED) is 0.790. The van der Waals surface area contributed by atoms with E-state index in [4.69, 9.17) is 9.47 Å². The molecule has 0 spiro atoms. The Bertz CT molecular complexity index is 604. The first-order valence-electron chi connectivity index (χ1n) is 6.99. The molecule has 0 radical (unpaired) electrons. The Morgan fingerprint density at radius 3 is 2.36 bits per heavy atom. The van der Waals surface area contributed by atoms with Crippen molar-refractivity contribution in [3.05, 3.63) is 58.1 Å². The average Bonchev–Trinajstić information content (AvgIpc) is 2.56. The molecule has 118 valence electrons. The Morgan fingerprint density at radius 2 is 1.73 bits per heavy atom. The third kappa shape index (κ3) is 4.22. The van der Waals surface area contributed by atoms with Gasteiger partial charge in [0.2, 0.25) is 0 Å². The lowest BCUT2D eigenvalue weighted by atomic mass is 10.1. The fourth-order valence-electron chi connectivity index (χ4n) is 2.17. The van der Waals surface area contributed by atoms with E-state index in [0.29, 0.717) is 24.6 Å². The van der Waals surface area contributed by atoms with Crippen molar-refractivity contribution in [1.29, 1.82) is 0 Å². The molecule has 2 aromatic carbocycles. The van der Waals surface area contributed by atoms with Crippen LogP contribution in [0.1, 0.15) is 17.2 Å². The summed E-state index contributed by atoms with van der Waals surface area (Å²) in [7, 11) is 3.22. The lowest BCUT2D eigenvalue weighted by molar-refractivity contribution is 0.174. The molecule has 4 nitrogen and oxygen atoms in total. The van der Waals surface area contributed by atoms with Crippen molar-refractivity contribution in [2.75, 3.05) is 20.8 Å². The molecule has 0 aliphatic heterocycles. The number of nitrogens with one attached hydrogen (secondary N) is 1. The van der Waals surface area contributed by atoms with Crippen molar-refractivity contribution in [3.63, 3.8) is 0 Å². The molecule has 0 aromatic heterocycles. The van der Waals surface area contributed by atoms with Gasteiger partial charge < -0.3 is 19.9 Å². The van der Waals surface area contributed by atoms with E-state index in [1.807, 2.05) is 42.5 Å². The van der Waals surface area contributed by atoms with Gasteiger partial charge in [-0.05, 0) is 23.3 Å². The monoisotopic (exact) mass is 365 g/mol. The Kier molecular flexibility index (Phi) is 6.24. The number of rotatable bonds is 7. The van der Waals surface area contributed by atoms with Crippen LogP contribution in [0.3, 0.4) is 0 Å². The minimum Gasteiger partial charge on any atom is -0.493 e. The van der Waals surface area contributed by atoms with Crippen LogP contribution in [0.2, 0.25) is 0 Å². The van der Waals surface area contributed by atoms with Crippen molar-refractivity contribution in [2.24, 2.45) is 0 Å². The average molecular weight is 366 g/mol. The van der Waals surface area contributed by atoms with Crippen LogP contribution in [0.25, 0.3) is 0 Å². The van der Waals surface area contributed by atoms with E-state index in [9.17, 15) is 5.11 Å².